The van der Waals surface area contributed by atoms with Gasteiger partial charge in [0.25, 0.3) is 0 Å². The number of aromatic nitrogens is 2. The van der Waals surface area contributed by atoms with Gasteiger partial charge in [-0.1, -0.05) is 12.1 Å². The normalized spacial score (nSPS) is 17.2. The molecule has 1 aliphatic rings. The first-order valence-corrected chi connectivity index (χ1v) is 9.15. The summed E-state index contributed by atoms with van der Waals surface area (Å²) in [6.45, 7) is 0.704. The number of hydrogen-bond donors (Lipinski definition) is 2. The van der Waals surface area contributed by atoms with Crippen LogP contribution in [0.2, 0.25) is 0 Å². The fourth-order valence-corrected chi connectivity index (χ4v) is 3.66. The molecule has 0 unspecified atom stereocenters. The molecule has 3 rings (SSSR count). The van der Waals surface area contributed by atoms with Crippen molar-refractivity contribution in [1.82, 2.24) is 20.4 Å². The Hall–Kier alpha value is -1.86. The minimum Gasteiger partial charge on any atom is -0.344 e. The van der Waals surface area contributed by atoms with E-state index in [1.165, 1.54) is 12.1 Å². The van der Waals surface area contributed by atoms with Gasteiger partial charge in [-0.2, -0.15) is 5.10 Å². The predicted molar refractivity (Wildman–Crippen MR) is 94.2 cm³/mol. The van der Waals surface area contributed by atoms with Crippen LogP contribution in [-0.4, -0.2) is 52.3 Å². The number of likely N-dealkylation sites (N-methyl/N-ethyl adjacent to an activating group) is 1. The summed E-state index contributed by atoms with van der Waals surface area (Å²) in [5, 5.41) is 10.4. The molecular weight excluding hydrogens is 327 g/mol. The number of hydrogen-bond acceptors (Lipinski definition) is 4. The number of benzene rings is 1. The van der Waals surface area contributed by atoms with Crippen LogP contribution in [-0.2, 0) is 11.2 Å². The molecule has 1 atom stereocenters. The van der Waals surface area contributed by atoms with E-state index < -0.39 is 0 Å². The fraction of sp³-hybridized carbons (Fsp3) is 0.412. The molecule has 1 fully saturated rings. The highest BCUT2D eigenvalue weighted by molar-refractivity contribution is 7.99. The summed E-state index contributed by atoms with van der Waals surface area (Å²) in [5.41, 5.74) is 2.49. The lowest BCUT2D eigenvalue weighted by molar-refractivity contribution is -0.131. The van der Waals surface area contributed by atoms with Gasteiger partial charge in [0.05, 0.1) is 11.7 Å². The zero-order chi connectivity index (χ0) is 16.9. The average molecular weight is 348 g/mol. The Kier molecular flexibility index (Phi) is 5.52. The topological polar surface area (TPSA) is 61.0 Å². The number of nitrogens with one attached hydrogen (secondary N) is 2. The van der Waals surface area contributed by atoms with Crippen LogP contribution >= 0.6 is 11.8 Å². The van der Waals surface area contributed by atoms with Gasteiger partial charge < -0.3 is 4.90 Å². The van der Waals surface area contributed by atoms with Gasteiger partial charge in [-0.25, -0.2) is 4.39 Å². The van der Waals surface area contributed by atoms with Crippen LogP contribution in [0.5, 0.6) is 0 Å². The van der Waals surface area contributed by atoms with Crippen LogP contribution in [0.25, 0.3) is 11.3 Å². The Morgan fingerprint density at radius 3 is 3.08 bits per heavy atom. The average Bonchev–Trinajstić information content (AvgIpc) is 3.26. The SMILES string of the molecule is CN(CCCc1cc(-c2cccc(F)c2)n[nH]1)C(=O)[C@H]1CSCN1. The van der Waals surface area contributed by atoms with Crippen LogP contribution in [0, 0.1) is 5.82 Å². The summed E-state index contributed by atoms with van der Waals surface area (Å²) in [4.78, 5) is 14.0. The van der Waals surface area contributed by atoms with E-state index in [0.717, 1.165) is 41.4 Å². The molecule has 7 heteroatoms. The lowest BCUT2D eigenvalue weighted by atomic mass is 10.1. The van der Waals surface area contributed by atoms with Crippen molar-refractivity contribution in [3.05, 3.63) is 41.8 Å². The lowest BCUT2D eigenvalue weighted by Crippen LogP contribution is -2.43. The van der Waals surface area contributed by atoms with Crippen molar-refractivity contribution in [3.8, 4) is 11.3 Å². The number of rotatable bonds is 6. The molecule has 0 aliphatic carbocycles. The second-order valence-electron chi connectivity index (χ2n) is 5.92. The van der Waals surface area contributed by atoms with Gasteiger partial charge in [0, 0.05) is 36.5 Å². The number of thioether (sulfide) groups is 1. The maximum atomic E-state index is 13.3. The first-order chi connectivity index (χ1) is 11.6. The molecule has 24 heavy (non-hydrogen) atoms. The van der Waals surface area contributed by atoms with Gasteiger partial charge in [-0.3, -0.25) is 15.2 Å². The minimum atomic E-state index is -0.268. The van der Waals surface area contributed by atoms with E-state index in [-0.39, 0.29) is 17.8 Å². The van der Waals surface area contributed by atoms with E-state index in [2.05, 4.69) is 15.5 Å². The van der Waals surface area contributed by atoms with E-state index >= 15 is 0 Å². The number of carbonyl (C=O) groups is 1. The fourth-order valence-electron chi connectivity index (χ4n) is 2.72. The molecule has 5 nitrogen and oxygen atoms in total. The zero-order valence-electron chi connectivity index (χ0n) is 13.6. The van der Waals surface area contributed by atoms with Crippen molar-refractivity contribution < 1.29 is 9.18 Å². The van der Waals surface area contributed by atoms with Crippen LogP contribution in [0.4, 0.5) is 4.39 Å². The first kappa shape index (κ1) is 17.0. The van der Waals surface area contributed by atoms with Crippen molar-refractivity contribution in [2.75, 3.05) is 25.2 Å². The molecule has 0 spiro atoms. The molecule has 1 amide bonds. The molecule has 2 heterocycles. The van der Waals surface area contributed by atoms with Crippen molar-refractivity contribution >= 4 is 17.7 Å². The highest BCUT2D eigenvalue weighted by Crippen LogP contribution is 2.19. The van der Waals surface area contributed by atoms with Gasteiger partial charge >= 0.3 is 0 Å². The van der Waals surface area contributed by atoms with E-state index in [4.69, 9.17) is 0 Å². The highest BCUT2D eigenvalue weighted by atomic mass is 32.2. The van der Waals surface area contributed by atoms with Gasteiger partial charge in [0.1, 0.15) is 5.82 Å². The molecule has 2 N–H and O–H groups in total. The van der Waals surface area contributed by atoms with Gasteiger partial charge in [0.2, 0.25) is 5.91 Å². The molecule has 2 aromatic rings. The van der Waals surface area contributed by atoms with E-state index in [9.17, 15) is 9.18 Å². The predicted octanol–water partition coefficient (Wildman–Crippen LogP) is 2.27. The van der Waals surface area contributed by atoms with Gasteiger partial charge in [-0.15, -0.1) is 11.8 Å². The largest absolute Gasteiger partial charge is 0.344 e. The third-order valence-corrected chi connectivity index (χ3v) is 5.02. The molecule has 1 aromatic carbocycles. The molecule has 1 aromatic heterocycles. The molecule has 0 bridgehead atoms. The van der Waals surface area contributed by atoms with Gasteiger partial charge in [0.15, 0.2) is 0 Å². The summed E-state index contributed by atoms with van der Waals surface area (Å²) < 4.78 is 13.3. The summed E-state index contributed by atoms with van der Waals surface area (Å²) in [5.74, 6) is 1.59. The number of aromatic amines is 1. The second kappa shape index (κ2) is 7.81. The summed E-state index contributed by atoms with van der Waals surface area (Å²) >= 11 is 1.75. The Labute approximate surface area is 145 Å². The lowest BCUT2D eigenvalue weighted by Gasteiger charge is -2.20. The van der Waals surface area contributed by atoms with E-state index in [0.29, 0.717) is 6.54 Å². The smallest absolute Gasteiger partial charge is 0.240 e. The number of H-pyrrole nitrogens is 1. The maximum absolute atomic E-state index is 13.3. The summed E-state index contributed by atoms with van der Waals surface area (Å²) in [7, 11) is 1.85. The Balaban J connectivity index is 1.49. The Morgan fingerprint density at radius 2 is 2.33 bits per heavy atom. The monoisotopic (exact) mass is 348 g/mol. The molecular formula is C17H21FN4OS. The molecule has 0 radical (unpaired) electrons. The Bertz CT molecular complexity index is 699. The van der Waals surface area contributed by atoms with Crippen molar-refractivity contribution in [1.29, 1.82) is 0 Å². The zero-order valence-corrected chi connectivity index (χ0v) is 14.4. The van der Waals surface area contributed by atoms with Crippen LogP contribution < -0.4 is 5.32 Å². The molecule has 1 saturated heterocycles. The third kappa shape index (κ3) is 4.15. The standard InChI is InChI=1S/C17H21FN4OS/c1-22(17(23)16-10-24-11-19-16)7-3-6-14-9-15(21-20-14)12-4-2-5-13(18)8-12/h2,4-5,8-9,16,19H,3,6-7,10-11H2,1H3,(H,20,21)/t16-/m1/s1. The highest BCUT2D eigenvalue weighted by Gasteiger charge is 2.24. The number of aryl methyl sites for hydroxylation is 1. The summed E-state index contributed by atoms with van der Waals surface area (Å²) in [6.07, 6.45) is 1.65. The molecule has 1 aliphatic heterocycles. The van der Waals surface area contributed by atoms with Crippen molar-refractivity contribution in [3.63, 3.8) is 0 Å². The van der Waals surface area contributed by atoms with Crippen molar-refractivity contribution in [2.45, 2.75) is 18.9 Å². The van der Waals surface area contributed by atoms with Gasteiger partial charge in [-0.05, 0) is 31.0 Å². The number of carbonyl (C=O) groups excluding carboxylic acids is 1. The Morgan fingerprint density at radius 1 is 1.46 bits per heavy atom. The quantitative estimate of drug-likeness (QED) is 0.841. The number of halogens is 1. The van der Waals surface area contributed by atoms with E-state index in [1.54, 1.807) is 22.7 Å². The van der Waals surface area contributed by atoms with Crippen LogP contribution in [0.1, 0.15) is 12.1 Å². The van der Waals surface area contributed by atoms with Crippen LogP contribution in [0.3, 0.4) is 0 Å². The molecule has 0 saturated carbocycles. The minimum absolute atomic E-state index is 0.0493. The first-order valence-electron chi connectivity index (χ1n) is 8.00. The number of nitrogens with zero attached hydrogens (tertiary/aromatic N) is 2. The van der Waals surface area contributed by atoms with Crippen molar-refractivity contribution in [2.24, 2.45) is 0 Å². The number of amides is 1. The summed E-state index contributed by atoms with van der Waals surface area (Å²) in [6, 6.07) is 8.29. The molecule has 128 valence electrons. The van der Waals surface area contributed by atoms with Crippen LogP contribution in [0.15, 0.2) is 30.3 Å². The third-order valence-electron chi connectivity index (χ3n) is 4.08. The second-order valence-corrected chi connectivity index (χ2v) is 6.95. The maximum Gasteiger partial charge on any atom is 0.240 e. The van der Waals surface area contributed by atoms with E-state index in [1.807, 2.05) is 19.2 Å².